The van der Waals surface area contributed by atoms with Crippen LogP contribution in [0.5, 0.6) is 5.88 Å². The lowest BCUT2D eigenvalue weighted by atomic mass is 10.3. The standard InChI is InChI=1S/C11H10F3N3O2S/c1-6-15-10(11(12,13)14)7(20-6)5-17-9(18)4-3-8(16-17)19-2/h3-4H,5H2,1-2H3. The maximum absolute atomic E-state index is 12.8. The number of aryl methyl sites for hydroxylation is 1. The van der Waals surface area contributed by atoms with Crippen LogP contribution in [-0.2, 0) is 12.7 Å². The monoisotopic (exact) mass is 305 g/mol. The van der Waals surface area contributed by atoms with Crippen LogP contribution in [0.25, 0.3) is 0 Å². The molecule has 0 unspecified atom stereocenters. The van der Waals surface area contributed by atoms with Crippen molar-refractivity contribution in [1.29, 1.82) is 0 Å². The fourth-order valence-electron chi connectivity index (χ4n) is 1.59. The molecule has 0 amide bonds. The summed E-state index contributed by atoms with van der Waals surface area (Å²) in [5.41, 5.74) is -1.48. The summed E-state index contributed by atoms with van der Waals surface area (Å²) in [5.74, 6) is 0.152. The highest BCUT2D eigenvalue weighted by molar-refractivity contribution is 7.11. The molecule has 0 radical (unpaired) electrons. The number of aromatic nitrogens is 3. The second-order valence-corrected chi connectivity index (χ2v) is 5.16. The Morgan fingerprint density at radius 3 is 2.70 bits per heavy atom. The van der Waals surface area contributed by atoms with Crippen LogP contribution in [0, 0.1) is 6.92 Å². The Morgan fingerprint density at radius 1 is 1.40 bits per heavy atom. The van der Waals surface area contributed by atoms with Crippen LogP contribution in [0.15, 0.2) is 16.9 Å². The van der Waals surface area contributed by atoms with Gasteiger partial charge in [0.2, 0.25) is 5.88 Å². The highest BCUT2D eigenvalue weighted by Gasteiger charge is 2.37. The van der Waals surface area contributed by atoms with Gasteiger partial charge in [0.1, 0.15) is 0 Å². The first-order chi connectivity index (χ1) is 9.31. The van der Waals surface area contributed by atoms with Crippen molar-refractivity contribution in [2.24, 2.45) is 0 Å². The largest absolute Gasteiger partial charge is 0.480 e. The third-order valence-corrected chi connectivity index (χ3v) is 3.37. The zero-order valence-corrected chi connectivity index (χ0v) is 11.4. The van der Waals surface area contributed by atoms with E-state index in [4.69, 9.17) is 4.74 Å². The average Bonchev–Trinajstić information content (AvgIpc) is 2.73. The Balaban J connectivity index is 2.43. The molecule has 0 saturated heterocycles. The summed E-state index contributed by atoms with van der Waals surface area (Å²) < 4.78 is 44.2. The highest BCUT2D eigenvalue weighted by atomic mass is 32.1. The van der Waals surface area contributed by atoms with Crippen molar-refractivity contribution in [2.45, 2.75) is 19.6 Å². The van der Waals surface area contributed by atoms with E-state index in [1.54, 1.807) is 0 Å². The van der Waals surface area contributed by atoms with Gasteiger partial charge >= 0.3 is 6.18 Å². The summed E-state index contributed by atoms with van der Waals surface area (Å²) in [4.78, 5) is 15.0. The van der Waals surface area contributed by atoms with E-state index in [-0.39, 0.29) is 22.3 Å². The van der Waals surface area contributed by atoms with Gasteiger partial charge in [0.25, 0.3) is 5.56 Å². The third kappa shape index (κ3) is 2.98. The predicted molar refractivity (Wildman–Crippen MR) is 66.0 cm³/mol. The Bertz CT molecular complexity index is 678. The second kappa shape index (κ2) is 5.23. The minimum absolute atomic E-state index is 0.0575. The molecule has 2 aromatic rings. The Labute approximate surface area is 115 Å². The van der Waals surface area contributed by atoms with E-state index in [2.05, 4.69) is 10.1 Å². The Hall–Kier alpha value is -1.90. The third-order valence-electron chi connectivity index (χ3n) is 2.42. The summed E-state index contributed by atoms with van der Waals surface area (Å²) in [6.45, 7) is 1.18. The van der Waals surface area contributed by atoms with Crippen molar-refractivity contribution in [3.63, 3.8) is 0 Å². The lowest BCUT2D eigenvalue weighted by molar-refractivity contribution is -0.141. The summed E-state index contributed by atoms with van der Waals surface area (Å²) in [6.07, 6.45) is -4.55. The highest BCUT2D eigenvalue weighted by Crippen LogP contribution is 2.34. The number of nitrogens with zero attached hydrogens (tertiary/aromatic N) is 3. The molecule has 0 N–H and O–H groups in total. The van der Waals surface area contributed by atoms with E-state index in [1.807, 2.05) is 0 Å². The van der Waals surface area contributed by atoms with Gasteiger partial charge in [-0.1, -0.05) is 0 Å². The molecule has 0 fully saturated rings. The molecule has 2 aromatic heterocycles. The zero-order valence-electron chi connectivity index (χ0n) is 10.6. The van der Waals surface area contributed by atoms with Gasteiger partial charge in [-0.25, -0.2) is 9.67 Å². The summed E-state index contributed by atoms with van der Waals surface area (Å²) in [5, 5.41) is 4.09. The van der Waals surface area contributed by atoms with Crippen molar-refractivity contribution < 1.29 is 17.9 Å². The molecule has 20 heavy (non-hydrogen) atoms. The summed E-state index contributed by atoms with van der Waals surface area (Å²) in [6, 6.07) is 2.54. The van der Waals surface area contributed by atoms with Gasteiger partial charge in [-0.05, 0) is 6.92 Å². The molecule has 2 heterocycles. The van der Waals surface area contributed by atoms with E-state index in [9.17, 15) is 18.0 Å². The molecular formula is C11H10F3N3O2S. The summed E-state index contributed by atoms with van der Waals surface area (Å²) >= 11 is 0.887. The predicted octanol–water partition coefficient (Wildman–Crippen LogP) is 2.08. The van der Waals surface area contributed by atoms with Crippen LogP contribution in [0.3, 0.4) is 0 Å². The number of thiazole rings is 1. The molecule has 0 aromatic carbocycles. The van der Waals surface area contributed by atoms with E-state index < -0.39 is 17.4 Å². The van der Waals surface area contributed by atoms with Crippen molar-refractivity contribution in [2.75, 3.05) is 7.11 Å². The number of alkyl halides is 3. The van der Waals surface area contributed by atoms with Gasteiger partial charge < -0.3 is 4.74 Å². The topological polar surface area (TPSA) is 57.0 Å². The number of methoxy groups -OCH3 is 1. The van der Waals surface area contributed by atoms with Crippen molar-refractivity contribution in [3.8, 4) is 5.88 Å². The van der Waals surface area contributed by atoms with Gasteiger partial charge in [-0.3, -0.25) is 4.79 Å². The van der Waals surface area contributed by atoms with Crippen molar-refractivity contribution in [3.05, 3.63) is 38.1 Å². The smallest absolute Gasteiger partial charge is 0.434 e. The van der Waals surface area contributed by atoms with Gasteiger partial charge in [0.05, 0.1) is 23.5 Å². The molecule has 0 aliphatic rings. The molecule has 9 heteroatoms. The van der Waals surface area contributed by atoms with Crippen LogP contribution in [-0.4, -0.2) is 21.9 Å². The van der Waals surface area contributed by atoms with Crippen LogP contribution in [0.4, 0.5) is 13.2 Å². The number of halogens is 3. The van der Waals surface area contributed by atoms with Gasteiger partial charge in [0, 0.05) is 12.1 Å². The summed E-state index contributed by atoms with van der Waals surface area (Å²) in [7, 11) is 1.36. The first kappa shape index (κ1) is 14.5. The Morgan fingerprint density at radius 2 is 2.10 bits per heavy atom. The number of hydrogen-bond acceptors (Lipinski definition) is 5. The van der Waals surface area contributed by atoms with Crippen LogP contribution >= 0.6 is 11.3 Å². The maximum atomic E-state index is 12.8. The molecule has 0 bridgehead atoms. The van der Waals surface area contributed by atoms with Gasteiger partial charge in [0.15, 0.2) is 5.69 Å². The van der Waals surface area contributed by atoms with Crippen LogP contribution in [0.2, 0.25) is 0 Å². The molecule has 0 atom stereocenters. The maximum Gasteiger partial charge on any atom is 0.434 e. The lowest BCUT2D eigenvalue weighted by Crippen LogP contribution is -2.23. The second-order valence-electron chi connectivity index (χ2n) is 3.87. The Kier molecular flexibility index (Phi) is 3.80. The molecule has 2 rings (SSSR count). The number of hydrogen-bond donors (Lipinski definition) is 0. The minimum atomic E-state index is -4.55. The van der Waals surface area contributed by atoms with E-state index >= 15 is 0 Å². The minimum Gasteiger partial charge on any atom is -0.480 e. The number of ether oxygens (including phenoxy) is 1. The normalized spacial score (nSPS) is 11.7. The van der Waals surface area contributed by atoms with E-state index in [0.29, 0.717) is 0 Å². The quantitative estimate of drug-likeness (QED) is 0.871. The van der Waals surface area contributed by atoms with Crippen molar-refractivity contribution >= 4 is 11.3 Å². The van der Waals surface area contributed by atoms with Crippen molar-refractivity contribution in [1.82, 2.24) is 14.8 Å². The van der Waals surface area contributed by atoms with Crippen LogP contribution in [0.1, 0.15) is 15.6 Å². The molecule has 0 aliphatic carbocycles. The molecule has 5 nitrogen and oxygen atoms in total. The van der Waals surface area contributed by atoms with Gasteiger partial charge in [-0.2, -0.15) is 13.2 Å². The fraction of sp³-hybridized carbons (Fsp3) is 0.364. The average molecular weight is 305 g/mol. The van der Waals surface area contributed by atoms with E-state index in [1.165, 1.54) is 26.2 Å². The van der Waals surface area contributed by atoms with Crippen LogP contribution < -0.4 is 10.3 Å². The fourth-order valence-corrected chi connectivity index (χ4v) is 2.52. The van der Waals surface area contributed by atoms with Gasteiger partial charge in [-0.15, -0.1) is 16.4 Å². The SMILES string of the molecule is COc1ccc(=O)n(Cc2sc(C)nc2C(F)(F)F)n1. The van der Waals surface area contributed by atoms with E-state index in [0.717, 1.165) is 16.0 Å². The molecular weight excluding hydrogens is 295 g/mol. The number of rotatable bonds is 3. The zero-order chi connectivity index (χ0) is 14.9. The molecule has 0 spiro atoms. The lowest BCUT2D eigenvalue weighted by Gasteiger charge is -2.08. The first-order valence-corrected chi connectivity index (χ1v) is 6.28. The molecule has 0 saturated carbocycles. The molecule has 0 aliphatic heterocycles. The first-order valence-electron chi connectivity index (χ1n) is 5.47. The molecule has 108 valence electrons.